The highest BCUT2D eigenvalue weighted by molar-refractivity contribution is 5.77. The Morgan fingerprint density at radius 1 is 1.33 bits per heavy atom. The number of aryl methyl sites for hydroxylation is 2. The van der Waals surface area contributed by atoms with Gasteiger partial charge in [-0.3, -0.25) is 14.3 Å². The summed E-state index contributed by atoms with van der Waals surface area (Å²) < 4.78 is 1.69. The van der Waals surface area contributed by atoms with Gasteiger partial charge in [-0.05, 0) is 39.2 Å². The number of hydrogen-bond acceptors (Lipinski definition) is 4. The summed E-state index contributed by atoms with van der Waals surface area (Å²) in [5, 5.41) is 18.0. The van der Waals surface area contributed by atoms with Gasteiger partial charge in [0, 0.05) is 30.6 Å². The minimum Gasteiger partial charge on any atom is -0.392 e. The summed E-state index contributed by atoms with van der Waals surface area (Å²) in [6, 6.07) is 1.91. The minimum absolute atomic E-state index is 0.0237. The normalized spacial score (nSPS) is 30.7. The molecule has 1 saturated heterocycles. The molecular weight excluding hydrogens is 344 g/mol. The van der Waals surface area contributed by atoms with E-state index < -0.39 is 6.10 Å². The van der Waals surface area contributed by atoms with Gasteiger partial charge in [-0.15, -0.1) is 0 Å². The molecule has 27 heavy (non-hydrogen) atoms. The number of aliphatic hydroxyl groups is 1. The topological polar surface area (TPSA) is 87.5 Å². The van der Waals surface area contributed by atoms with Gasteiger partial charge in [0.05, 0.1) is 17.8 Å². The lowest BCUT2D eigenvalue weighted by molar-refractivity contribution is -0.134. The standard InChI is InChI=1S/C20H32N4O3/c1-13-9-14(2)23(22-13)12-19(27)21-11-16-10-20(4)17(24(16)15(3)25)7-5-6-8-18(20)26/h9,16-18,26H,5-8,10-12H2,1-4H3,(H,21,27)/t16-,17-,18+,20-/m1/s1. The van der Waals surface area contributed by atoms with Crippen molar-refractivity contribution in [2.24, 2.45) is 5.41 Å². The van der Waals surface area contributed by atoms with Gasteiger partial charge in [0.2, 0.25) is 11.8 Å². The molecular formula is C20H32N4O3. The van der Waals surface area contributed by atoms with Gasteiger partial charge in [0.25, 0.3) is 0 Å². The first-order valence-corrected chi connectivity index (χ1v) is 9.97. The molecule has 4 atom stereocenters. The van der Waals surface area contributed by atoms with Crippen LogP contribution < -0.4 is 5.32 Å². The Balaban J connectivity index is 1.67. The molecule has 1 aromatic heterocycles. The number of fused-ring (bicyclic) bond motifs is 1. The average molecular weight is 377 g/mol. The van der Waals surface area contributed by atoms with E-state index in [2.05, 4.69) is 17.3 Å². The Bertz CT molecular complexity index is 716. The molecule has 2 amide bonds. The molecule has 150 valence electrons. The molecule has 2 aliphatic rings. The second-order valence-electron chi connectivity index (χ2n) is 8.49. The van der Waals surface area contributed by atoms with E-state index in [1.54, 1.807) is 11.6 Å². The Hall–Kier alpha value is -1.89. The molecule has 1 aliphatic heterocycles. The van der Waals surface area contributed by atoms with Gasteiger partial charge in [0.1, 0.15) is 6.54 Å². The first kappa shape index (κ1) is 19.9. The Morgan fingerprint density at radius 2 is 2.04 bits per heavy atom. The monoisotopic (exact) mass is 376 g/mol. The van der Waals surface area contributed by atoms with E-state index in [4.69, 9.17) is 0 Å². The SMILES string of the molecule is CC(=O)N1[C@@H](CNC(=O)Cn2nc(C)cc2C)C[C@@]2(C)[C@@H](O)CCCC[C@@H]12. The number of hydrogen-bond donors (Lipinski definition) is 2. The van der Waals surface area contributed by atoms with E-state index in [9.17, 15) is 14.7 Å². The van der Waals surface area contributed by atoms with Crippen molar-refractivity contribution >= 4 is 11.8 Å². The third-order valence-corrected chi connectivity index (χ3v) is 6.43. The van der Waals surface area contributed by atoms with Crippen molar-refractivity contribution in [2.45, 2.75) is 84.5 Å². The second-order valence-corrected chi connectivity index (χ2v) is 8.49. The van der Waals surface area contributed by atoms with Gasteiger partial charge in [-0.2, -0.15) is 5.10 Å². The van der Waals surface area contributed by atoms with Crippen molar-refractivity contribution in [3.8, 4) is 0 Å². The zero-order valence-electron chi connectivity index (χ0n) is 16.9. The molecule has 0 bridgehead atoms. The van der Waals surface area contributed by atoms with E-state index >= 15 is 0 Å². The zero-order valence-corrected chi connectivity index (χ0v) is 16.9. The first-order chi connectivity index (χ1) is 12.7. The van der Waals surface area contributed by atoms with Gasteiger partial charge in [-0.25, -0.2) is 0 Å². The van der Waals surface area contributed by atoms with Crippen LogP contribution in [-0.2, 0) is 16.1 Å². The summed E-state index contributed by atoms with van der Waals surface area (Å²) in [6.45, 7) is 8.11. The maximum Gasteiger partial charge on any atom is 0.241 e. The molecule has 2 heterocycles. The molecule has 2 N–H and O–H groups in total. The van der Waals surface area contributed by atoms with Crippen LogP contribution >= 0.6 is 0 Å². The van der Waals surface area contributed by atoms with Gasteiger partial charge in [-0.1, -0.05) is 19.8 Å². The Kier molecular flexibility index (Phi) is 5.60. The molecule has 1 aromatic rings. The van der Waals surface area contributed by atoms with Crippen molar-refractivity contribution in [2.75, 3.05) is 6.54 Å². The van der Waals surface area contributed by atoms with Crippen molar-refractivity contribution < 1.29 is 14.7 Å². The van der Waals surface area contributed by atoms with Crippen LogP contribution in [0.3, 0.4) is 0 Å². The first-order valence-electron chi connectivity index (χ1n) is 9.97. The van der Waals surface area contributed by atoms with E-state index in [0.29, 0.717) is 6.54 Å². The van der Waals surface area contributed by atoms with Crippen LogP contribution in [0, 0.1) is 19.3 Å². The van der Waals surface area contributed by atoms with Gasteiger partial charge >= 0.3 is 0 Å². The lowest BCUT2D eigenvalue weighted by Crippen LogP contribution is -2.48. The predicted molar refractivity (Wildman–Crippen MR) is 102 cm³/mol. The molecule has 2 fully saturated rings. The molecule has 7 nitrogen and oxygen atoms in total. The lowest BCUT2D eigenvalue weighted by atomic mass is 9.75. The minimum atomic E-state index is -0.401. The third kappa shape index (κ3) is 3.88. The molecule has 0 radical (unpaired) electrons. The van der Waals surface area contributed by atoms with E-state index in [-0.39, 0.29) is 35.9 Å². The van der Waals surface area contributed by atoms with Crippen molar-refractivity contribution in [1.82, 2.24) is 20.0 Å². The highest BCUT2D eigenvalue weighted by Crippen LogP contribution is 2.48. The second kappa shape index (κ2) is 7.62. The maximum atomic E-state index is 12.4. The third-order valence-electron chi connectivity index (χ3n) is 6.43. The Labute approximate surface area is 161 Å². The van der Waals surface area contributed by atoms with E-state index in [1.165, 1.54) is 0 Å². The van der Waals surface area contributed by atoms with Crippen molar-refractivity contribution in [3.63, 3.8) is 0 Å². The van der Waals surface area contributed by atoms with Crippen LogP contribution in [-0.4, -0.2) is 56.3 Å². The number of aromatic nitrogens is 2. The molecule has 1 saturated carbocycles. The number of carbonyl (C=O) groups excluding carboxylic acids is 2. The average Bonchev–Trinajstić information content (AvgIpc) is 3.01. The van der Waals surface area contributed by atoms with Gasteiger partial charge < -0.3 is 15.3 Å². The summed E-state index contributed by atoms with van der Waals surface area (Å²) in [7, 11) is 0. The fourth-order valence-electron chi connectivity index (χ4n) is 5.05. The number of nitrogens with zero attached hydrogens (tertiary/aromatic N) is 3. The smallest absolute Gasteiger partial charge is 0.241 e. The van der Waals surface area contributed by atoms with Crippen molar-refractivity contribution in [3.05, 3.63) is 17.5 Å². The number of carbonyl (C=O) groups is 2. The summed E-state index contributed by atoms with van der Waals surface area (Å²) in [6.07, 6.45) is 4.06. The highest BCUT2D eigenvalue weighted by atomic mass is 16.3. The van der Waals surface area contributed by atoms with Crippen LogP contribution in [0.1, 0.15) is 57.3 Å². The summed E-state index contributed by atoms with van der Waals surface area (Å²) in [5.41, 5.74) is 1.54. The zero-order chi connectivity index (χ0) is 19.8. The molecule has 1 aliphatic carbocycles. The number of rotatable bonds is 4. The van der Waals surface area contributed by atoms with Crippen LogP contribution in [0.25, 0.3) is 0 Å². The summed E-state index contributed by atoms with van der Waals surface area (Å²) >= 11 is 0. The number of likely N-dealkylation sites (tertiary alicyclic amines) is 1. The predicted octanol–water partition coefficient (Wildman–Crippen LogP) is 1.55. The molecule has 0 unspecified atom stereocenters. The molecule has 7 heteroatoms. The summed E-state index contributed by atoms with van der Waals surface area (Å²) in [5.74, 6) is -0.0851. The van der Waals surface area contributed by atoms with E-state index in [1.807, 2.05) is 24.8 Å². The fourth-order valence-corrected chi connectivity index (χ4v) is 5.05. The number of aliphatic hydroxyl groups excluding tert-OH is 1. The summed E-state index contributed by atoms with van der Waals surface area (Å²) in [4.78, 5) is 26.7. The van der Waals surface area contributed by atoms with E-state index in [0.717, 1.165) is 43.5 Å². The fraction of sp³-hybridized carbons (Fsp3) is 0.750. The van der Waals surface area contributed by atoms with Crippen molar-refractivity contribution in [1.29, 1.82) is 0 Å². The maximum absolute atomic E-state index is 12.4. The molecule has 3 rings (SSSR count). The molecule has 0 spiro atoms. The van der Waals surface area contributed by atoms with Crippen LogP contribution in [0.15, 0.2) is 6.07 Å². The van der Waals surface area contributed by atoms with Crippen LogP contribution in [0.4, 0.5) is 0 Å². The lowest BCUT2D eigenvalue weighted by Gasteiger charge is -2.37. The quantitative estimate of drug-likeness (QED) is 0.835. The number of amides is 2. The Morgan fingerprint density at radius 3 is 2.67 bits per heavy atom. The highest BCUT2D eigenvalue weighted by Gasteiger charge is 2.54. The largest absolute Gasteiger partial charge is 0.392 e. The van der Waals surface area contributed by atoms with Gasteiger partial charge in [0.15, 0.2) is 0 Å². The number of nitrogens with one attached hydrogen (secondary N) is 1. The van der Waals surface area contributed by atoms with Crippen LogP contribution in [0.5, 0.6) is 0 Å². The molecule has 0 aromatic carbocycles. The van der Waals surface area contributed by atoms with Crippen LogP contribution in [0.2, 0.25) is 0 Å².